The first kappa shape index (κ1) is 29.4. The van der Waals surface area contributed by atoms with E-state index in [0.29, 0.717) is 0 Å². The zero-order valence-corrected chi connectivity index (χ0v) is 21.9. The van der Waals surface area contributed by atoms with Crippen LogP contribution in [0.15, 0.2) is 84.9 Å². The summed E-state index contributed by atoms with van der Waals surface area (Å²) in [6.45, 7) is 17.0. The number of hydrogen-bond donors (Lipinski definition) is 0. The summed E-state index contributed by atoms with van der Waals surface area (Å²) < 4.78 is 0. The van der Waals surface area contributed by atoms with Crippen molar-refractivity contribution in [3.63, 3.8) is 0 Å². The van der Waals surface area contributed by atoms with Crippen molar-refractivity contribution in [1.82, 2.24) is 0 Å². The molecular weight excluding hydrogens is 384 g/mol. The van der Waals surface area contributed by atoms with Gasteiger partial charge < -0.3 is 0 Å². The summed E-state index contributed by atoms with van der Waals surface area (Å²) >= 11 is 0. The van der Waals surface area contributed by atoms with Gasteiger partial charge in [0.25, 0.3) is 0 Å². The van der Waals surface area contributed by atoms with Crippen LogP contribution in [0.4, 0.5) is 0 Å². The second kappa shape index (κ2) is 19.1. The average molecular weight is 431 g/mol. The smallest absolute Gasteiger partial charge is 0.0305 e. The summed E-state index contributed by atoms with van der Waals surface area (Å²) in [5, 5.41) is 0. The van der Waals surface area contributed by atoms with E-state index in [9.17, 15) is 0 Å². The van der Waals surface area contributed by atoms with Crippen molar-refractivity contribution >= 4 is 0 Å². The maximum Gasteiger partial charge on any atom is -0.0305 e. The molecule has 0 aliphatic heterocycles. The minimum absolute atomic E-state index is 1.15. The van der Waals surface area contributed by atoms with Gasteiger partial charge in [-0.05, 0) is 86.8 Å². The molecule has 0 radical (unpaired) electrons. The van der Waals surface area contributed by atoms with Gasteiger partial charge in [0, 0.05) is 0 Å². The third kappa shape index (κ3) is 13.0. The maximum atomic E-state index is 2.28. The fraction of sp³-hybridized carbons (Fsp3) is 0.375. The molecule has 0 amide bonds. The molecule has 0 heteroatoms. The first-order chi connectivity index (χ1) is 15.5. The molecule has 0 saturated carbocycles. The molecule has 0 N–H and O–H groups in total. The topological polar surface area (TPSA) is 0 Å². The average Bonchev–Trinajstić information content (AvgIpc) is 2.86. The van der Waals surface area contributed by atoms with Crippen molar-refractivity contribution in [2.24, 2.45) is 0 Å². The molecule has 0 atom stereocenters. The molecule has 0 nitrogen and oxygen atoms in total. The van der Waals surface area contributed by atoms with E-state index in [1.165, 1.54) is 33.4 Å². The summed E-state index contributed by atoms with van der Waals surface area (Å²) in [5.41, 5.74) is 8.61. The van der Waals surface area contributed by atoms with Gasteiger partial charge in [-0.3, -0.25) is 0 Å². The molecule has 0 saturated heterocycles. The largest absolute Gasteiger partial charge is 0.0919 e. The molecule has 3 aromatic carbocycles. The highest BCUT2D eigenvalue weighted by molar-refractivity contribution is 5.26. The normalized spacial score (nSPS) is 9.62. The predicted molar refractivity (Wildman–Crippen MR) is 147 cm³/mol. The molecular formula is C32H46. The standard InChI is InChI=1S/2C10H14.C8H10.C4H8/c1-3-9-6-5-7-10(4-2)8-9;1-3-9-7-5-6-8-10(9)4-2;1-7-5-3-4-6-8(7)2;1-3-4-2/h2*5-8H,3-4H2,1-2H3;3-6H,1-2H3;3-4H,1-2H3/b;;;4-3-. The fourth-order valence-electron chi connectivity index (χ4n) is 2.98. The third-order valence-corrected chi connectivity index (χ3v) is 5.45. The Morgan fingerprint density at radius 1 is 0.500 bits per heavy atom. The number of allylic oxidation sites excluding steroid dienone is 2. The van der Waals surface area contributed by atoms with Gasteiger partial charge in [-0.2, -0.15) is 0 Å². The Hall–Kier alpha value is -2.60. The molecule has 0 spiro atoms. The highest BCUT2D eigenvalue weighted by atomic mass is 14.0. The van der Waals surface area contributed by atoms with Gasteiger partial charge in [-0.15, -0.1) is 0 Å². The molecule has 0 fully saturated rings. The summed E-state index contributed by atoms with van der Waals surface area (Å²) in [6.07, 6.45) is 8.61. The molecule has 0 heterocycles. The van der Waals surface area contributed by atoms with Crippen molar-refractivity contribution in [2.75, 3.05) is 0 Å². The van der Waals surface area contributed by atoms with Gasteiger partial charge in [0.2, 0.25) is 0 Å². The van der Waals surface area contributed by atoms with E-state index in [0.717, 1.165) is 25.7 Å². The molecule has 0 aliphatic carbocycles. The van der Waals surface area contributed by atoms with Gasteiger partial charge in [-0.25, -0.2) is 0 Å². The quantitative estimate of drug-likeness (QED) is 0.361. The molecule has 3 aromatic rings. The Balaban J connectivity index is 0.000000418. The maximum absolute atomic E-state index is 2.28. The van der Waals surface area contributed by atoms with Crippen molar-refractivity contribution in [1.29, 1.82) is 0 Å². The first-order valence-corrected chi connectivity index (χ1v) is 12.2. The Kier molecular flexibility index (Phi) is 17.6. The number of benzene rings is 3. The second-order valence-corrected chi connectivity index (χ2v) is 7.75. The van der Waals surface area contributed by atoms with Crippen LogP contribution in [0, 0.1) is 13.8 Å². The van der Waals surface area contributed by atoms with Crippen LogP contribution in [0.1, 0.15) is 74.9 Å². The molecule has 0 aliphatic rings. The minimum atomic E-state index is 1.15. The summed E-state index contributed by atoms with van der Waals surface area (Å²) in [6, 6.07) is 25.8. The van der Waals surface area contributed by atoms with Crippen LogP contribution in [0.25, 0.3) is 0 Å². The van der Waals surface area contributed by atoms with Crippen LogP contribution in [0.5, 0.6) is 0 Å². The van der Waals surface area contributed by atoms with Gasteiger partial charge in [-0.1, -0.05) is 113 Å². The van der Waals surface area contributed by atoms with Crippen LogP contribution in [-0.2, 0) is 25.7 Å². The molecule has 0 unspecified atom stereocenters. The summed E-state index contributed by atoms with van der Waals surface area (Å²) in [7, 11) is 0. The number of rotatable bonds is 4. The van der Waals surface area contributed by atoms with E-state index in [4.69, 9.17) is 0 Å². The summed E-state index contributed by atoms with van der Waals surface area (Å²) in [4.78, 5) is 0. The van der Waals surface area contributed by atoms with Crippen molar-refractivity contribution < 1.29 is 0 Å². The van der Waals surface area contributed by atoms with Crippen LogP contribution in [-0.4, -0.2) is 0 Å². The third-order valence-electron chi connectivity index (χ3n) is 5.45. The Morgan fingerprint density at radius 2 is 0.875 bits per heavy atom. The highest BCUT2D eigenvalue weighted by Crippen LogP contribution is 2.09. The SMILES string of the molecule is C/C=C\C.CCc1cccc(CC)c1.CCc1ccccc1CC.Cc1ccccc1C. The first-order valence-electron chi connectivity index (χ1n) is 12.2. The lowest BCUT2D eigenvalue weighted by Gasteiger charge is -2.02. The summed E-state index contributed by atoms with van der Waals surface area (Å²) in [5.74, 6) is 0. The van der Waals surface area contributed by atoms with E-state index < -0.39 is 0 Å². The molecule has 3 rings (SSSR count). The predicted octanol–water partition coefficient (Wildman–Crippen LogP) is 9.51. The Bertz CT molecular complexity index is 803. The van der Waals surface area contributed by atoms with Crippen LogP contribution < -0.4 is 0 Å². The van der Waals surface area contributed by atoms with E-state index in [2.05, 4.69) is 114 Å². The van der Waals surface area contributed by atoms with Crippen LogP contribution in [0.3, 0.4) is 0 Å². The minimum Gasteiger partial charge on any atom is -0.0919 e. The fourth-order valence-corrected chi connectivity index (χ4v) is 2.98. The van der Waals surface area contributed by atoms with Crippen molar-refractivity contribution in [3.8, 4) is 0 Å². The molecule has 0 bridgehead atoms. The van der Waals surface area contributed by atoms with Gasteiger partial charge in [0.05, 0.1) is 0 Å². The van der Waals surface area contributed by atoms with E-state index in [1.807, 2.05) is 26.0 Å². The van der Waals surface area contributed by atoms with Crippen LogP contribution in [0.2, 0.25) is 0 Å². The van der Waals surface area contributed by atoms with Crippen LogP contribution >= 0.6 is 0 Å². The lowest BCUT2D eigenvalue weighted by Crippen LogP contribution is -1.88. The molecule has 174 valence electrons. The van der Waals surface area contributed by atoms with E-state index >= 15 is 0 Å². The van der Waals surface area contributed by atoms with E-state index in [-0.39, 0.29) is 0 Å². The zero-order valence-electron chi connectivity index (χ0n) is 21.9. The zero-order chi connectivity index (χ0) is 24.2. The molecule has 32 heavy (non-hydrogen) atoms. The Morgan fingerprint density at radius 3 is 1.16 bits per heavy atom. The number of hydrogen-bond acceptors (Lipinski definition) is 0. The van der Waals surface area contributed by atoms with Gasteiger partial charge in [0.1, 0.15) is 0 Å². The second-order valence-electron chi connectivity index (χ2n) is 7.75. The van der Waals surface area contributed by atoms with Gasteiger partial charge in [0.15, 0.2) is 0 Å². The van der Waals surface area contributed by atoms with Crippen molar-refractivity contribution in [3.05, 3.63) is 118 Å². The monoisotopic (exact) mass is 430 g/mol. The Labute approximate surface area is 199 Å². The number of aryl methyl sites for hydroxylation is 6. The highest BCUT2D eigenvalue weighted by Gasteiger charge is 1.94. The lowest BCUT2D eigenvalue weighted by molar-refractivity contribution is 1.04. The van der Waals surface area contributed by atoms with E-state index in [1.54, 1.807) is 0 Å². The van der Waals surface area contributed by atoms with Crippen molar-refractivity contribution in [2.45, 2.75) is 81.1 Å². The van der Waals surface area contributed by atoms with Gasteiger partial charge >= 0.3 is 0 Å². The lowest BCUT2D eigenvalue weighted by atomic mass is 10.0. The molecule has 0 aromatic heterocycles.